The van der Waals surface area contributed by atoms with E-state index in [1.54, 1.807) is 14.2 Å². The highest BCUT2D eigenvalue weighted by molar-refractivity contribution is 7.80. The summed E-state index contributed by atoms with van der Waals surface area (Å²) in [5, 5.41) is 0. The molecule has 0 aliphatic carbocycles. The van der Waals surface area contributed by atoms with Crippen molar-refractivity contribution in [1.82, 2.24) is 0 Å². The van der Waals surface area contributed by atoms with Crippen molar-refractivity contribution in [3.05, 3.63) is 0 Å². The fourth-order valence-corrected chi connectivity index (χ4v) is 2.77. The Kier molecular flexibility index (Phi) is 12.2. The second-order valence-electron chi connectivity index (χ2n) is 5.62. The Morgan fingerprint density at radius 3 is 2.16 bits per heavy atom. The zero-order valence-corrected chi connectivity index (χ0v) is 14.3. The average Bonchev–Trinajstić information content (AvgIpc) is 2.44. The molecule has 0 aliphatic rings. The first-order valence-corrected chi connectivity index (χ1v) is 8.46. The normalized spacial score (nSPS) is 16.3. The van der Waals surface area contributed by atoms with Crippen LogP contribution in [0.5, 0.6) is 0 Å². The predicted octanol–water partition coefficient (Wildman–Crippen LogP) is 4.87. The number of hydrogen-bond acceptors (Lipinski definition) is 3. The van der Waals surface area contributed by atoms with Gasteiger partial charge in [0, 0.05) is 14.2 Å². The van der Waals surface area contributed by atoms with Gasteiger partial charge in [-0.3, -0.25) is 0 Å². The molecule has 0 saturated carbocycles. The van der Waals surface area contributed by atoms with E-state index in [-0.39, 0.29) is 11.7 Å². The molecule has 0 aliphatic heterocycles. The molecule has 0 aromatic carbocycles. The molecule has 2 atom stereocenters. The van der Waals surface area contributed by atoms with E-state index in [4.69, 9.17) is 9.47 Å². The molecule has 0 N–H and O–H groups in total. The lowest BCUT2D eigenvalue weighted by atomic mass is 9.89. The first-order valence-electron chi connectivity index (χ1n) is 7.83. The quantitative estimate of drug-likeness (QED) is 0.385. The summed E-state index contributed by atoms with van der Waals surface area (Å²) in [6.07, 6.45) is 11.3. The van der Waals surface area contributed by atoms with Gasteiger partial charge in [-0.05, 0) is 31.9 Å². The van der Waals surface area contributed by atoms with Crippen LogP contribution in [0.3, 0.4) is 0 Å². The topological polar surface area (TPSA) is 18.5 Å². The van der Waals surface area contributed by atoms with Crippen molar-refractivity contribution in [2.45, 2.75) is 83.3 Å². The van der Waals surface area contributed by atoms with Crippen LogP contribution in [-0.4, -0.2) is 31.7 Å². The molecule has 0 aromatic rings. The molecule has 19 heavy (non-hydrogen) atoms. The fraction of sp³-hybridized carbons (Fsp3) is 1.00. The van der Waals surface area contributed by atoms with Crippen LogP contribution >= 0.6 is 12.6 Å². The number of hydrogen-bond donors (Lipinski definition) is 1. The van der Waals surface area contributed by atoms with Crippen LogP contribution < -0.4 is 0 Å². The second-order valence-corrected chi connectivity index (χ2v) is 6.07. The minimum atomic E-state index is -0.166. The number of rotatable bonds is 13. The van der Waals surface area contributed by atoms with Gasteiger partial charge in [0.1, 0.15) is 0 Å². The summed E-state index contributed by atoms with van der Waals surface area (Å²) < 4.78 is 11.4. The van der Waals surface area contributed by atoms with Gasteiger partial charge in [0.05, 0.1) is 11.7 Å². The van der Waals surface area contributed by atoms with Gasteiger partial charge in [0.2, 0.25) is 0 Å². The van der Waals surface area contributed by atoms with E-state index in [0.29, 0.717) is 0 Å². The highest BCUT2D eigenvalue weighted by Crippen LogP contribution is 2.27. The summed E-state index contributed by atoms with van der Waals surface area (Å²) in [5.74, 6) is 0.909. The van der Waals surface area contributed by atoms with Gasteiger partial charge >= 0.3 is 0 Å². The molecule has 2 nitrogen and oxygen atoms in total. The Bertz CT molecular complexity index is 199. The summed E-state index contributed by atoms with van der Waals surface area (Å²) >= 11 is 4.29. The number of thiol groups is 1. The van der Waals surface area contributed by atoms with E-state index in [1.807, 2.05) is 0 Å². The summed E-state index contributed by atoms with van der Waals surface area (Å²) in [4.78, 5) is 0. The van der Waals surface area contributed by atoms with Gasteiger partial charge in [-0.25, -0.2) is 0 Å². The lowest BCUT2D eigenvalue weighted by Gasteiger charge is -2.35. The van der Waals surface area contributed by atoms with Crippen molar-refractivity contribution in [3.8, 4) is 0 Å². The maximum absolute atomic E-state index is 5.73. The summed E-state index contributed by atoms with van der Waals surface area (Å²) in [6, 6.07) is 0. The maximum Gasteiger partial charge on any atom is 0.0911 e. The van der Waals surface area contributed by atoms with E-state index in [0.717, 1.165) is 25.0 Å². The van der Waals surface area contributed by atoms with Gasteiger partial charge < -0.3 is 9.47 Å². The molecule has 0 fully saturated rings. The van der Waals surface area contributed by atoms with E-state index in [2.05, 4.69) is 26.5 Å². The van der Waals surface area contributed by atoms with Gasteiger partial charge in [0.25, 0.3) is 0 Å². The van der Waals surface area contributed by atoms with Crippen LogP contribution in [0, 0.1) is 0 Å². The fourth-order valence-electron chi connectivity index (χ4n) is 2.61. The lowest BCUT2D eigenvalue weighted by Crippen LogP contribution is -2.42. The summed E-state index contributed by atoms with van der Waals surface area (Å²) in [6.45, 7) is 4.42. The van der Waals surface area contributed by atoms with Crippen LogP contribution in [0.2, 0.25) is 0 Å². The smallest absolute Gasteiger partial charge is 0.0911 e. The van der Waals surface area contributed by atoms with E-state index in [9.17, 15) is 0 Å². The van der Waals surface area contributed by atoms with Crippen LogP contribution in [0.15, 0.2) is 0 Å². The SMILES string of the molecule is CCCCCCCCC(OC)C(C)(CCCS)OC. The van der Waals surface area contributed by atoms with Crippen LogP contribution in [0.1, 0.15) is 71.6 Å². The standard InChI is InChI=1S/C16H34O2S/c1-5-6-7-8-9-10-12-15(17-3)16(2,18-4)13-11-14-19/h15,19H,5-14H2,1-4H3. The minimum absolute atomic E-state index is 0.166. The molecule has 116 valence electrons. The van der Waals surface area contributed by atoms with Crippen LogP contribution in [0.4, 0.5) is 0 Å². The van der Waals surface area contributed by atoms with E-state index >= 15 is 0 Å². The molecule has 0 spiro atoms. The third kappa shape index (κ3) is 8.21. The maximum atomic E-state index is 5.73. The molecule has 0 saturated heterocycles. The molecule has 0 rings (SSSR count). The third-order valence-electron chi connectivity index (χ3n) is 4.08. The summed E-state index contributed by atoms with van der Waals surface area (Å²) in [7, 11) is 3.60. The molecule has 0 amide bonds. The number of methoxy groups -OCH3 is 2. The van der Waals surface area contributed by atoms with E-state index in [1.165, 1.54) is 38.5 Å². The van der Waals surface area contributed by atoms with Crippen molar-refractivity contribution in [1.29, 1.82) is 0 Å². The minimum Gasteiger partial charge on any atom is -0.378 e. The lowest BCUT2D eigenvalue weighted by molar-refractivity contribution is -0.114. The third-order valence-corrected chi connectivity index (χ3v) is 4.40. The van der Waals surface area contributed by atoms with Gasteiger partial charge in [0.15, 0.2) is 0 Å². The molecule has 2 unspecified atom stereocenters. The van der Waals surface area contributed by atoms with Gasteiger partial charge in [-0.2, -0.15) is 12.6 Å². The first-order chi connectivity index (χ1) is 9.14. The second kappa shape index (κ2) is 12.0. The molecular formula is C16H34O2S. The predicted molar refractivity (Wildman–Crippen MR) is 87.3 cm³/mol. The monoisotopic (exact) mass is 290 g/mol. The average molecular weight is 291 g/mol. The number of ether oxygens (including phenoxy) is 2. The number of unbranched alkanes of at least 4 members (excludes halogenated alkanes) is 5. The summed E-state index contributed by atoms with van der Waals surface area (Å²) in [5.41, 5.74) is -0.166. The Balaban J connectivity index is 4.01. The van der Waals surface area contributed by atoms with Crippen molar-refractivity contribution in [3.63, 3.8) is 0 Å². The highest BCUT2D eigenvalue weighted by Gasteiger charge is 2.33. The Morgan fingerprint density at radius 2 is 1.63 bits per heavy atom. The first kappa shape index (κ1) is 19.3. The van der Waals surface area contributed by atoms with Gasteiger partial charge in [-0.15, -0.1) is 0 Å². The Morgan fingerprint density at radius 1 is 1.00 bits per heavy atom. The van der Waals surface area contributed by atoms with Crippen molar-refractivity contribution in [2.75, 3.05) is 20.0 Å². The van der Waals surface area contributed by atoms with Crippen LogP contribution in [0.25, 0.3) is 0 Å². The molecule has 0 aromatic heterocycles. The molecular weight excluding hydrogens is 256 g/mol. The van der Waals surface area contributed by atoms with Crippen LogP contribution in [-0.2, 0) is 9.47 Å². The zero-order valence-electron chi connectivity index (χ0n) is 13.4. The van der Waals surface area contributed by atoms with Crippen molar-refractivity contribution < 1.29 is 9.47 Å². The van der Waals surface area contributed by atoms with Gasteiger partial charge in [-0.1, -0.05) is 45.4 Å². The highest BCUT2D eigenvalue weighted by atomic mass is 32.1. The molecule has 3 heteroatoms. The molecule has 0 radical (unpaired) electrons. The van der Waals surface area contributed by atoms with Crippen molar-refractivity contribution >= 4 is 12.6 Å². The molecule has 0 heterocycles. The largest absolute Gasteiger partial charge is 0.378 e. The van der Waals surface area contributed by atoms with E-state index < -0.39 is 0 Å². The Hall–Kier alpha value is 0.270. The molecule has 0 bridgehead atoms. The van der Waals surface area contributed by atoms with Crippen molar-refractivity contribution in [2.24, 2.45) is 0 Å². The Labute approximate surface area is 126 Å². The zero-order chi connectivity index (χ0) is 14.6.